The quantitative estimate of drug-likeness (QED) is 0.914. The van der Waals surface area contributed by atoms with Crippen molar-refractivity contribution in [1.29, 1.82) is 0 Å². The fourth-order valence-electron chi connectivity index (χ4n) is 2.05. The molecule has 0 spiro atoms. The second-order valence-corrected chi connectivity index (χ2v) is 5.26. The number of pyridine rings is 1. The minimum Gasteiger partial charge on any atom is -0.358 e. The largest absolute Gasteiger partial charge is 0.358 e. The maximum absolute atomic E-state index is 12.0. The molecule has 2 aromatic rings. The zero-order valence-corrected chi connectivity index (χ0v) is 13.4. The smallest absolute Gasteiger partial charge is 0.244 e. The molecule has 116 valence electrons. The molecule has 0 saturated heterocycles. The van der Waals surface area contributed by atoms with Gasteiger partial charge in [-0.2, -0.15) is 0 Å². The first kappa shape index (κ1) is 15.9. The Labute approximate surface area is 130 Å². The van der Waals surface area contributed by atoms with E-state index in [-0.39, 0.29) is 11.9 Å². The Morgan fingerprint density at radius 2 is 1.95 bits per heavy atom. The highest BCUT2D eigenvalue weighted by atomic mass is 16.2. The van der Waals surface area contributed by atoms with E-state index in [0.29, 0.717) is 11.6 Å². The molecule has 0 radical (unpaired) electrons. The van der Waals surface area contributed by atoms with E-state index < -0.39 is 0 Å². The third-order valence-corrected chi connectivity index (χ3v) is 3.26. The van der Waals surface area contributed by atoms with Crippen LogP contribution in [-0.2, 0) is 11.2 Å². The topological polar surface area (TPSA) is 71.0 Å². The Morgan fingerprint density at radius 1 is 1.27 bits per heavy atom. The van der Waals surface area contributed by atoms with Crippen molar-refractivity contribution in [3.8, 4) is 11.4 Å². The number of aromatic nitrogens is 3. The van der Waals surface area contributed by atoms with Crippen molar-refractivity contribution >= 4 is 11.7 Å². The first-order chi connectivity index (χ1) is 10.5. The first-order valence-electron chi connectivity index (χ1n) is 7.27. The van der Waals surface area contributed by atoms with Crippen LogP contribution in [0.2, 0.25) is 0 Å². The lowest BCUT2D eigenvalue weighted by atomic mass is 10.2. The van der Waals surface area contributed by atoms with Crippen molar-refractivity contribution in [3.05, 3.63) is 36.3 Å². The fourth-order valence-corrected chi connectivity index (χ4v) is 2.05. The third-order valence-electron chi connectivity index (χ3n) is 3.26. The third kappa shape index (κ3) is 3.78. The van der Waals surface area contributed by atoms with Crippen LogP contribution in [0.3, 0.4) is 0 Å². The molecule has 0 aliphatic heterocycles. The maximum Gasteiger partial charge on any atom is 0.244 e. The van der Waals surface area contributed by atoms with E-state index in [1.807, 2.05) is 32.0 Å². The van der Waals surface area contributed by atoms with Gasteiger partial charge in [0.05, 0.1) is 0 Å². The number of carbonyl (C=O) groups is 1. The molecule has 2 aromatic heterocycles. The molecule has 1 atom stereocenters. The molecule has 1 amide bonds. The lowest BCUT2D eigenvalue weighted by Crippen LogP contribution is -2.36. The van der Waals surface area contributed by atoms with Gasteiger partial charge in [-0.25, -0.2) is 9.97 Å². The highest BCUT2D eigenvalue weighted by molar-refractivity contribution is 5.83. The monoisotopic (exact) mass is 299 g/mol. The predicted octanol–water partition coefficient (Wildman–Crippen LogP) is 1.99. The van der Waals surface area contributed by atoms with E-state index >= 15 is 0 Å². The summed E-state index contributed by atoms with van der Waals surface area (Å²) in [6, 6.07) is 5.27. The van der Waals surface area contributed by atoms with Crippen molar-refractivity contribution in [3.63, 3.8) is 0 Å². The van der Waals surface area contributed by atoms with Gasteiger partial charge in [-0.15, -0.1) is 0 Å². The molecule has 6 nitrogen and oxygen atoms in total. The Hall–Kier alpha value is -2.50. The molecule has 0 fully saturated rings. The van der Waals surface area contributed by atoms with Crippen LogP contribution < -0.4 is 5.32 Å². The molecule has 1 N–H and O–H groups in total. The lowest BCUT2D eigenvalue weighted by molar-refractivity contribution is -0.129. The van der Waals surface area contributed by atoms with E-state index in [2.05, 4.69) is 20.3 Å². The standard InChI is InChI=1S/C16H21N5O/c1-5-13-10-14(18-11(2)16(22)21(3)4)20-15(19-13)12-6-8-17-9-7-12/h6-11H,5H2,1-4H3,(H,18,19,20)/t11-/m0/s1. The van der Waals surface area contributed by atoms with E-state index in [1.54, 1.807) is 31.4 Å². The number of amides is 1. The van der Waals surface area contributed by atoms with Crippen molar-refractivity contribution < 1.29 is 4.79 Å². The molecule has 22 heavy (non-hydrogen) atoms. The van der Waals surface area contributed by atoms with E-state index in [4.69, 9.17) is 0 Å². The maximum atomic E-state index is 12.0. The summed E-state index contributed by atoms with van der Waals surface area (Å²) in [5, 5.41) is 3.15. The summed E-state index contributed by atoms with van der Waals surface area (Å²) >= 11 is 0. The fraction of sp³-hybridized carbons (Fsp3) is 0.375. The average molecular weight is 299 g/mol. The SMILES string of the molecule is CCc1cc(N[C@@H](C)C(=O)N(C)C)nc(-c2ccncc2)n1. The summed E-state index contributed by atoms with van der Waals surface area (Å²) in [5.74, 6) is 1.29. The van der Waals surface area contributed by atoms with Gasteiger partial charge in [0, 0.05) is 43.8 Å². The normalized spacial score (nSPS) is 11.8. The zero-order valence-electron chi connectivity index (χ0n) is 13.4. The highest BCUT2D eigenvalue weighted by Gasteiger charge is 2.16. The van der Waals surface area contributed by atoms with Gasteiger partial charge >= 0.3 is 0 Å². The number of nitrogens with one attached hydrogen (secondary N) is 1. The molecule has 2 rings (SSSR count). The van der Waals surface area contributed by atoms with Crippen molar-refractivity contribution in [2.24, 2.45) is 0 Å². The number of aryl methyl sites for hydroxylation is 1. The Kier molecular flexibility index (Phi) is 5.04. The van der Waals surface area contributed by atoms with Crippen LogP contribution in [0.15, 0.2) is 30.6 Å². The van der Waals surface area contributed by atoms with Gasteiger partial charge < -0.3 is 10.2 Å². The van der Waals surface area contributed by atoms with Gasteiger partial charge in [-0.05, 0) is 25.5 Å². The second kappa shape index (κ2) is 6.98. The number of hydrogen-bond acceptors (Lipinski definition) is 5. The summed E-state index contributed by atoms with van der Waals surface area (Å²) < 4.78 is 0. The molecule has 0 saturated carbocycles. The number of hydrogen-bond donors (Lipinski definition) is 1. The summed E-state index contributed by atoms with van der Waals surface area (Å²) in [7, 11) is 3.47. The number of carbonyl (C=O) groups excluding carboxylic acids is 1. The van der Waals surface area contributed by atoms with Gasteiger partial charge in [-0.3, -0.25) is 9.78 Å². The summed E-state index contributed by atoms with van der Waals surface area (Å²) in [6.07, 6.45) is 4.22. The number of anilines is 1. The molecule has 2 heterocycles. The average Bonchev–Trinajstić information content (AvgIpc) is 2.54. The molecule has 6 heteroatoms. The van der Waals surface area contributed by atoms with Gasteiger partial charge in [0.1, 0.15) is 11.9 Å². The molecule has 0 aliphatic carbocycles. The van der Waals surface area contributed by atoms with Crippen molar-refractivity contribution in [1.82, 2.24) is 19.9 Å². The summed E-state index contributed by atoms with van der Waals surface area (Å²) in [6.45, 7) is 3.86. The van der Waals surface area contributed by atoms with Crippen LogP contribution in [0.1, 0.15) is 19.5 Å². The van der Waals surface area contributed by atoms with Crippen LogP contribution >= 0.6 is 0 Å². The zero-order chi connectivity index (χ0) is 16.1. The van der Waals surface area contributed by atoms with Gasteiger partial charge in [-0.1, -0.05) is 6.92 Å². The Morgan fingerprint density at radius 3 is 2.55 bits per heavy atom. The molecule has 0 unspecified atom stereocenters. The predicted molar refractivity (Wildman–Crippen MR) is 86.4 cm³/mol. The van der Waals surface area contributed by atoms with Crippen LogP contribution in [0.4, 0.5) is 5.82 Å². The van der Waals surface area contributed by atoms with E-state index in [9.17, 15) is 4.79 Å². The van der Waals surface area contributed by atoms with Crippen LogP contribution in [0.25, 0.3) is 11.4 Å². The molecule has 0 bridgehead atoms. The summed E-state index contributed by atoms with van der Waals surface area (Å²) in [4.78, 5) is 26.6. The van der Waals surface area contributed by atoms with Crippen molar-refractivity contribution in [2.45, 2.75) is 26.3 Å². The van der Waals surface area contributed by atoms with Crippen LogP contribution in [-0.4, -0.2) is 45.9 Å². The number of nitrogens with zero attached hydrogens (tertiary/aromatic N) is 4. The van der Waals surface area contributed by atoms with E-state index in [0.717, 1.165) is 17.7 Å². The lowest BCUT2D eigenvalue weighted by Gasteiger charge is -2.19. The highest BCUT2D eigenvalue weighted by Crippen LogP contribution is 2.18. The molecular weight excluding hydrogens is 278 g/mol. The minimum absolute atomic E-state index is 0.00196. The Bertz CT molecular complexity index is 642. The number of rotatable bonds is 5. The number of likely N-dealkylation sites (N-methyl/N-ethyl adjacent to an activating group) is 1. The second-order valence-electron chi connectivity index (χ2n) is 5.26. The van der Waals surface area contributed by atoms with Gasteiger partial charge in [0.25, 0.3) is 0 Å². The van der Waals surface area contributed by atoms with Gasteiger partial charge in [0.15, 0.2) is 5.82 Å². The molecule has 0 aliphatic rings. The van der Waals surface area contributed by atoms with E-state index in [1.165, 1.54) is 0 Å². The van der Waals surface area contributed by atoms with Crippen LogP contribution in [0.5, 0.6) is 0 Å². The van der Waals surface area contributed by atoms with Gasteiger partial charge in [0.2, 0.25) is 5.91 Å². The van der Waals surface area contributed by atoms with Crippen molar-refractivity contribution in [2.75, 3.05) is 19.4 Å². The molecular formula is C16H21N5O. The summed E-state index contributed by atoms with van der Waals surface area (Å²) in [5.41, 5.74) is 1.83. The van der Waals surface area contributed by atoms with Crippen LogP contribution in [0, 0.1) is 0 Å². The first-order valence-corrected chi connectivity index (χ1v) is 7.27. The molecule has 0 aromatic carbocycles. The minimum atomic E-state index is -0.347. The Balaban J connectivity index is 2.30.